The van der Waals surface area contributed by atoms with Crippen molar-refractivity contribution in [1.82, 2.24) is 0 Å². The van der Waals surface area contributed by atoms with Crippen molar-refractivity contribution in [1.29, 1.82) is 0 Å². The summed E-state index contributed by atoms with van der Waals surface area (Å²) in [6.07, 6.45) is 0. The molecule has 4 heteroatoms. The molecular weight excluding hydrogens is 132 g/mol. The molecule has 0 amide bonds. The Morgan fingerprint density at radius 1 is 1.70 bits per heavy atom. The molecule has 0 rings (SSSR count). The van der Waals surface area contributed by atoms with Gasteiger partial charge in [0.25, 0.3) is 0 Å². The van der Waals surface area contributed by atoms with Crippen molar-refractivity contribution < 1.29 is 9.63 Å². The molecule has 0 aromatic heterocycles. The summed E-state index contributed by atoms with van der Waals surface area (Å²) < 4.78 is 0. The van der Waals surface area contributed by atoms with Gasteiger partial charge >= 0.3 is 5.97 Å². The highest BCUT2D eigenvalue weighted by Gasteiger charge is 2.18. The maximum absolute atomic E-state index is 10.7. The predicted octanol–water partition coefficient (Wildman–Crippen LogP) is 0.128. The molecule has 0 saturated carbocycles. The zero-order chi connectivity index (χ0) is 8.15. The highest BCUT2D eigenvalue weighted by Crippen LogP contribution is 1.99. The summed E-state index contributed by atoms with van der Waals surface area (Å²) in [6, 6.07) is -0.606. The molecule has 58 valence electrons. The van der Waals surface area contributed by atoms with Crippen LogP contribution in [0.1, 0.15) is 13.8 Å². The highest BCUT2D eigenvalue weighted by molar-refractivity contribution is 5.75. The van der Waals surface area contributed by atoms with Crippen molar-refractivity contribution in [2.45, 2.75) is 19.9 Å². The third-order valence-corrected chi connectivity index (χ3v) is 1.14. The standard InChI is InChI=1S/C6H12N2O2/c1-4(2)5(7)6(9)10-8-3/h4-5H,3,7H2,1-2H3/t5-/m1/s1. The molecule has 0 spiro atoms. The zero-order valence-electron chi connectivity index (χ0n) is 6.20. The average Bonchev–Trinajstić information content (AvgIpc) is 1.87. The Hall–Kier alpha value is -0.900. The monoisotopic (exact) mass is 144 g/mol. The number of nitrogens with zero attached hydrogens (tertiary/aromatic N) is 1. The van der Waals surface area contributed by atoms with Crippen molar-refractivity contribution >= 4 is 12.7 Å². The van der Waals surface area contributed by atoms with E-state index < -0.39 is 12.0 Å². The van der Waals surface area contributed by atoms with Gasteiger partial charge in [0.2, 0.25) is 0 Å². The van der Waals surface area contributed by atoms with E-state index in [1.807, 2.05) is 13.8 Å². The van der Waals surface area contributed by atoms with Crippen molar-refractivity contribution in [3.63, 3.8) is 0 Å². The van der Waals surface area contributed by atoms with Gasteiger partial charge in [-0.1, -0.05) is 19.0 Å². The fourth-order valence-corrected chi connectivity index (χ4v) is 0.397. The molecular formula is C6H12N2O2. The van der Waals surface area contributed by atoms with Crippen LogP contribution >= 0.6 is 0 Å². The maximum atomic E-state index is 10.7. The fraction of sp³-hybridized carbons (Fsp3) is 0.667. The minimum atomic E-state index is -0.606. The van der Waals surface area contributed by atoms with Crippen LogP contribution in [0.2, 0.25) is 0 Å². The Morgan fingerprint density at radius 2 is 2.20 bits per heavy atom. The van der Waals surface area contributed by atoms with Gasteiger partial charge in [-0.25, -0.2) is 4.79 Å². The molecule has 0 unspecified atom stereocenters. The smallest absolute Gasteiger partial charge is 0.318 e. The Balaban J connectivity index is 3.81. The van der Waals surface area contributed by atoms with Gasteiger partial charge in [0.1, 0.15) is 6.04 Å². The predicted molar refractivity (Wildman–Crippen MR) is 38.5 cm³/mol. The third-order valence-electron chi connectivity index (χ3n) is 1.14. The summed E-state index contributed by atoms with van der Waals surface area (Å²) in [5.74, 6) is -0.473. The number of carbonyl (C=O) groups excluding carboxylic acids is 1. The molecule has 0 aromatic rings. The number of carbonyl (C=O) groups is 1. The van der Waals surface area contributed by atoms with Crippen LogP contribution in [-0.2, 0) is 9.63 Å². The molecule has 0 bridgehead atoms. The first-order valence-electron chi connectivity index (χ1n) is 3.02. The van der Waals surface area contributed by atoms with Crippen LogP contribution in [0.5, 0.6) is 0 Å². The zero-order valence-corrected chi connectivity index (χ0v) is 6.20. The minimum absolute atomic E-state index is 0.0641. The van der Waals surface area contributed by atoms with Gasteiger partial charge in [-0.2, -0.15) is 0 Å². The molecule has 2 N–H and O–H groups in total. The van der Waals surface area contributed by atoms with Crippen molar-refractivity contribution in [3.05, 3.63) is 0 Å². The van der Waals surface area contributed by atoms with Crippen LogP contribution in [0.25, 0.3) is 0 Å². The SMILES string of the molecule is C=NOC(=O)[C@H](N)C(C)C. The van der Waals surface area contributed by atoms with Crippen LogP contribution < -0.4 is 5.73 Å². The summed E-state index contributed by atoms with van der Waals surface area (Å²) in [5, 5.41) is 2.96. The van der Waals surface area contributed by atoms with Gasteiger partial charge in [0.05, 0.1) is 0 Å². The van der Waals surface area contributed by atoms with E-state index in [1.54, 1.807) is 0 Å². The van der Waals surface area contributed by atoms with E-state index in [0.717, 1.165) is 0 Å². The van der Waals surface area contributed by atoms with Gasteiger partial charge in [-0.15, -0.1) is 0 Å². The topological polar surface area (TPSA) is 64.7 Å². The molecule has 1 atom stereocenters. The van der Waals surface area contributed by atoms with Crippen LogP contribution in [0.4, 0.5) is 0 Å². The van der Waals surface area contributed by atoms with Gasteiger partial charge in [-0.3, -0.25) is 0 Å². The molecule has 0 aliphatic rings. The summed E-state index contributed by atoms with van der Waals surface area (Å²) >= 11 is 0. The third kappa shape index (κ3) is 2.59. The van der Waals surface area contributed by atoms with Crippen LogP contribution in [0.15, 0.2) is 5.16 Å². The van der Waals surface area contributed by atoms with Crippen LogP contribution in [-0.4, -0.2) is 18.7 Å². The maximum Gasteiger partial charge on any atom is 0.351 e. The van der Waals surface area contributed by atoms with Gasteiger partial charge < -0.3 is 10.6 Å². The second-order valence-corrected chi connectivity index (χ2v) is 2.31. The highest BCUT2D eigenvalue weighted by atomic mass is 16.7. The van der Waals surface area contributed by atoms with E-state index in [9.17, 15) is 4.79 Å². The second kappa shape index (κ2) is 4.00. The van der Waals surface area contributed by atoms with E-state index >= 15 is 0 Å². The Bertz CT molecular complexity index is 134. The average molecular weight is 144 g/mol. The summed E-state index contributed by atoms with van der Waals surface area (Å²) in [4.78, 5) is 14.9. The summed E-state index contributed by atoms with van der Waals surface area (Å²) in [5.41, 5.74) is 5.38. The van der Waals surface area contributed by atoms with Crippen molar-refractivity contribution in [3.8, 4) is 0 Å². The lowest BCUT2D eigenvalue weighted by Crippen LogP contribution is -2.36. The van der Waals surface area contributed by atoms with E-state index in [4.69, 9.17) is 5.73 Å². The van der Waals surface area contributed by atoms with E-state index in [2.05, 4.69) is 16.7 Å². The van der Waals surface area contributed by atoms with Crippen molar-refractivity contribution in [2.24, 2.45) is 16.8 Å². The van der Waals surface area contributed by atoms with E-state index in [0.29, 0.717) is 0 Å². The van der Waals surface area contributed by atoms with E-state index in [-0.39, 0.29) is 5.92 Å². The Morgan fingerprint density at radius 3 is 2.50 bits per heavy atom. The molecule has 0 radical (unpaired) electrons. The first-order valence-corrected chi connectivity index (χ1v) is 3.02. The molecule has 4 nitrogen and oxygen atoms in total. The number of hydrogen-bond acceptors (Lipinski definition) is 4. The lowest BCUT2D eigenvalue weighted by atomic mass is 10.1. The summed E-state index contributed by atoms with van der Waals surface area (Å²) in [6.45, 7) is 6.65. The molecule has 0 aliphatic carbocycles. The molecule has 10 heavy (non-hydrogen) atoms. The molecule has 0 aliphatic heterocycles. The van der Waals surface area contributed by atoms with Crippen molar-refractivity contribution in [2.75, 3.05) is 0 Å². The normalized spacial score (nSPS) is 12.8. The molecule has 0 fully saturated rings. The lowest BCUT2D eigenvalue weighted by molar-refractivity contribution is -0.146. The van der Waals surface area contributed by atoms with Gasteiger partial charge in [0.15, 0.2) is 0 Å². The lowest BCUT2D eigenvalue weighted by Gasteiger charge is -2.10. The largest absolute Gasteiger partial charge is 0.351 e. The fourth-order valence-electron chi connectivity index (χ4n) is 0.397. The molecule has 0 heterocycles. The van der Waals surface area contributed by atoms with Gasteiger partial charge in [0, 0.05) is 6.72 Å². The number of oxime groups is 1. The first-order chi connectivity index (χ1) is 4.59. The minimum Gasteiger partial charge on any atom is -0.318 e. The molecule has 0 aromatic carbocycles. The second-order valence-electron chi connectivity index (χ2n) is 2.31. The Labute approximate surface area is 60.0 Å². The summed E-state index contributed by atoms with van der Waals surface area (Å²) in [7, 11) is 0. The van der Waals surface area contributed by atoms with Crippen LogP contribution in [0, 0.1) is 5.92 Å². The van der Waals surface area contributed by atoms with Gasteiger partial charge in [-0.05, 0) is 5.92 Å². The quantitative estimate of drug-likeness (QED) is 0.348. The number of nitrogens with two attached hydrogens (primary N) is 1. The van der Waals surface area contributed by atoms with E-state index in [1.165, 1.54) is 0 Å². The first kappa shape index (κ1) is 9.10. The Kier molecular flexibility index (Phi) is 3.64. The number of rotatable bonds is 3. The number of hydrogen-bond donors (Lipinski definition) is 1. The van der Waals surface area contributed by atoms with Crippen LogP contribution in [0.3, 0.4) is 0 Å². The molecule has 0 saturated heterocycles.